The molecule has 3 heterocycles. The second-order valence-corrected chi connectivity index (χ2v) is 7.04. The summed E-state index contributed by atoms with van der Waals surface area (Å²) >= 11 is 5.67. The summed E-state index contributed by atoms with van der Waals surface area (Å²) in [7, 11) is 1.49. The molecule has 1 aromatic carbocycles. The molecule has 2 atom stereocenters. The minimum atomic E-state index is -0.196. The lowest BCUT2D eigenvalue weighted by Gasteiger charge is -2.27. The first-order valence-electron chi connectivity index (χ1n) is 9.20. The van der Waals surface area contributed by atoms with Crippen LogP contribution in [-0.4, -0.2) is 34.7 Å². The molecule has 8 heteroatoms. The summed E-state index contributed by atoms with van der Waals surface area (Å²) in [5.74, 6) is -0.196. The van der Waals surface area contributed by atoms with Gasteiger partial charge in [0.25, 0.3) is 0 Å². The first kappa shape index (κ1) is 19.1. The van der Waals surface area contributed by atoms with E-state index in [1.165, 1.54) is 7.11 Å². The summed E-state index contributed by atoms with van der Waals surface area (Å²) in [6, 6.07) is 17.3. The Kier molecular flexibility index (Phi) is 5.55. The number of anilines is 2. The van der Waals surface area contributed by atoms with Crippen LogP contribution in [0, 0.1) is 0 Å². The number of hydrogen-bond acceptors (Lipinski definition) is 4. The normalized spacial score (nSPS) is 18.5. The minimum Gasteiger partial charge on any atom is -0.375 e. The van der Waals surface area contributed by atoms with Crippen molar-refractivity contribution >= 4 is 34.6 Å². The fraction of sp³-hybridized carbons (Fsp3) is 0.190. The highest BCUT2D eigenvalue weighted by Crippen LogP contribution is 2.40. The Labute approximate surface area is 174 Å². The number of ether oxygens (including phenoxy) is 1. The average molecular weight is 407 g/mol. The van der Waals surface area contributed by atoms with Crippen LogP contribution in [0.5, 0.6) is 0 Å². The Hall–Kier alpha value is -3.23. The maximum Gasteiger partial charge on any atom is 0.250 e. The van der Waals surface area contributed by atoms with Crippen LogP contribution in [0.1, 0.15) is 23.5 Å². The highest BCUT2D eigenvalue weighted by atomic mass is 32.1. The summed E-state index contributed by atoms with van der Waals surface area (Å²) in [5.41, 5.74) is 3.57. The van der Waals surface area contributed by atoms with Gasteiger partial charge < -0.3 is 25.3 Å². The van der Waals surface area contributed by atoms with Gasteiger partial charge >= 0.3 is 0 Å². The molecule has 1 aliphatic heterocycles. The Morgan fingerprint density at radius 1 is 1.21 bits per heavy atom. The third-order valence-electron chi connectivity index (χ3n) is 4.74. The van der Waals surface area contributed by atoms with Crippen molar-refractivity contribution in [3.05, 3.63) is 78.4 Å². The number of methoxy groups -OCH3 is 1. The Morgan fingerprint density at radius 3 is 2.69 bits per heavy atom. The number of pyridine rings is 1. The molecule has 1 saturated heterocycles. The van der Waals surface area contributed by atoms with Crippen molar-refractivity contribution < 1.29 is 9.53 Å². The predicted molar refractivity (Wildman–Crippen MR) is 116 cm³/mol. The van der Waals surface area contributed by atoms with E-state index in [9.17, 15) is 4.79 Å². The van der Waals surface area contributed by atoms with E-state index in [2.05, 4.69) is 25.5 Å². The second kappa shape index (κ2) is 8.42. The van der Waals surface area contributed by atoms with Crippen LogP contribution >= 0.6 is 12.2 Å². The summed E-state index contributed by atoms with van der Waals surface area (Å²) in [4.78, 5) is 21.6. The number of nitrogens with zero attached hydrogens (tertiary/aromatic N) is 2. The van der Waals surface area contributed by atoms with Gasteiger partial charge in [0.1, 0.15) is 12.6 Å². The van der Waals surface area contributed by atoms with Gasteiger partial charge in [-0.2, -0.15) is 0 Å². The van der Waals surface area contributed by atoms with Gasteiger partial charge in [0.2, 0.25) is 5.91 Å². The summed E-state index contributed by atoms with van der Waals surface area (Å²) in [6.07, 6.45) is 3.69. The maximum absolute atomic E-state index is 11.7. The maximum atomic E-state index is 11.7. The second-order valence-electron chi connectivity index (χ2n) is 6.65. The number of nitrogens with one attached hydrogen (secondary N) is 3. The smallest absolute Gasteiger partial charge is 0.250 e. The molecule has 148 valence electrons. The summed E-state index contributed by atoms with van der Waals surface area (Å²) < 4.78 is 4.85. The third kappa shape index (κ3) is 3.98. The molecular weight excluding hydrogens is 386 g/mol. The molecular formula is C21H21N5O2S. The van der Waals surface area contributed by atoms with Crippen molar-refractivity contribution in [3.8, 4) is 0 Å². The first-order valence-corrected chi connectivity index (χ1v) is 9.61. The van der Waals surface area contributed by atoms with E-state index < -0.39 is 0 Å². The molecule has 0 saturated carbocycles. The van der Waals surface area contributed by atoms with Gasteiger partial charge in [0.15, 0.2) is 5.11 Å². The van der Waals surface area contributed by atoms with Crippen LogP contribution in [0.15, 0.2) is 67.0 Å². The van der Waals surface area contributed by atoms with Crippen molar-refractivity contribution in [2.75, 3.05) is 23.9 Å². The largest absolute Gasteiger partial charge is 0.375 e. The molecule has 1 aliphatic rings. The van der Waals surface area contributed by atoms with Gasteiger partial charge in [-0.1, -0.05) is 6.07 Å². The molecule has 0 bridgehead atoms. The zero-order chi connectivity index (χ0) is 20.2. The topological polar surface area (TPSA) is 82.3 Å². The molecule has 3 N–H and O–H groups in total. The van der Waals surface area contributed by atoms with E-state index in [4.69, 9.17) is 17.0 Å². The van der Waals surface area contributed by atoms with Crippen LogP contribution in [0.4, 0.5) is 11.4 Å². The zero-order valence-electron chi connectivity index (χ0n) is 15.8. The summed E-state index contributed by atoms with van der Waals surface area (Å²) in [5, 5.41) is 6.83. The van der Waals surface area contributed by atoms with Crippen LogP contribution in [-0.2, 0) is 9.53 Å². The van der Waals surface area contributed by atoms with E-state index in [1.807, 2.05) is 60.8 Å². The van der Waals surface area contributed by atoms with Crippen LogP contribution in [0.3, 0.4) is 0 Å². The SMILES string of the molecule is COCC(=O)Nc1ccc(N2C(=S)N[C@@H](c3ccccn3)[C@H]2c2ccc[nH]2)cc1. The fourth-order valence-corrected chi connectivity index (χ4v) is 3.86. The molecule has 0 spiro atoms. The summed E-state index contributed by atoms with van der Waals surface area (Å²) in [6.45, 7) is 0.0164. The third-order valence-corrected chi connectivity index (χ3v) is 5.06. The van der Waals surface area contributed by atoms with Gasteiger partial charge in [-0.15, -0.1) is 0 Å². The molecule has 3 aromatic rings. The first-order chi connectivity index (χ1) is 14.2. The van der Waals surface area contributed by atoms with Crippen molar-refractivity contribution in [2.45, 2.75) is 12.1 Å². The van der Waals surface area contributed by atoms with E-state index in [0.717, 1.165) is 17.1 Å². The van der Waals surface area contributed by atoms with Crippen molar-refractivity contribution in [3.63, 3.8) is 0 Å². The Bertz CT molecular complexity index is 976. The number of aromatic nitrogens is 2. The number of carbonyl (C=O) groups excluding carboxylic acids is 1. The monoisotopic (exact) mass is 407 g/mol. The standard InChI is InChI=1S/C21H21N5O2S/c1-28-13-18(27)24-14-7-9-15(10-8-14)26-20(17-6-4-12-23-17)19(25-21(26)29)16-5-2-3-11-22-16/h2-12,19-20,23H,13H2,1H3,(H,24,27)(H,25,29)/t19-,20+/m0/s1. The Balaban J connectivity index is 1.65. The number of hydrogen-bond donors (Lipinski definition) is 3. The molecule has 0 unspecified atom stereocenters. The number of H-pyrrole nitrogens is 1. The van der Waals surface area contributed by atoms with Crippen LogP contribution < -0.4 is 15.5 Å². The van der Waals surface area contributed by atoms with Gasteiger partial charge in [0.05, 0.1) is 11.7 Å². The van der Waals surface area contributed by atoms with Gasteiger partial charge in [-0.25, -0.2) is 0 Å². The molecule has 7 nitrogen and oxygen atoms in total. The van der Waals surface area contributed by atoms with Gasteiger partial charge in [-0.3, -0.25) is 9.78 Å². The molecule has 0 aliphatic carbocycles. The van der Waals surface area contributed by atoms with E-state index >= 15 is 0 Å². The Morgan fingerprint density at radius 2 is 2.03 bits per heavy atom. The number of benzene rings is 1. The average Bonchev–Trinajstić information content (AvgIpc) is 3.37. The molecule has 4 rings (SSSR count). The van der Waals surface area contributed by atoms with Gasteiger partial charge in [0, 0.05) is 36.6 Å². The molecule has 1 fully saturated rings. The quantitative estimate of drug-likeness (QED) is 0.545. The number of carbonyl (C=O) groups is 1. The van der Waals surface area contributed by atoms with E-state index in [1.54, 1.807) is 6.20 Å². The molecule has 0 radical (unpaired) electrons. The zero-order valence-corrected chi connectivity index (χ0v) is 16.6. The highest BCUT2D eigenvalue weighted by Gasteiger charge is 2.41. The van der Waals surface area contributed by atoms with Crippen molar-refractivity contribution in [1.82, 2.24) is 15.3 Å². The number of thiocarbonyl (C=S) groups is 1. The lowest BCUT2D eigenvalue weighted by Crippen LogP contribution is -2.29. The minimum absolute atomic E-state index is 0.0164. The lowest BCUT2D eigenvalue weighted by atomic mass is 10.0. The number of aromatic amines is 1. The molecule has 1 amide bonds. The van der Waals surface area contributed by atoms with Crippen molar-refractivity contribution in [1.29, 1.82) is 0 Å². The molecule has 29 heavy (non-hydrogen) atoms. The van der Waals surface area contributed by atoms with Crippen LogP contribution in [0.2, 0.25) is 0 Å². The fourth-order valence-electron chi connectivity index (χ4n) is 3.51. The number of amides is 1. The predicted octanol–water partition coefficient (Wildman–Crippen LogP) is 3.17. The van der Waals surface area contributed by atoms with E-state index in [0.29, 0.717) is 10.8 Å². The highest BCUT2D eigenvalue weighted by molar-refractivity contribution is 7.80. The number of rotatable bonds is 6. The van der Waals surface area contributed by atoms with Gasteiger partial charge in [-0.05, 0) is 60.7 Å². The molecule has 2 aromatic heterocycles. The van der Waals surface area contributed by atoms with E-state index in [-0.39, 0.29) is 24.6 Å². The van der Waals surface area contributed by atoms with Crippen molar-refractivity contribution in [2.24, 2.45) is 0 Å². The van der Waals surface area contributed by atoms with Crippen LogP contribution in [0.25, 0.3) is 0 Å². The lowest BCUT2D eigenvalue weighted by molar-refractivity contribution is -0.119.